The molecular formula is C8H6BrClF2O. The van der Waals surface area contributed by atoms with E-state index in [2.05, 4.69) is 15.9 Å². The van der Waals surface area contributed by atoms with Crippen molar-refractivity contribution in [2.45, 2.75) is 6.10 Å². The van der Waals surface area contributed by atoms with Gasteiger partial charge in [-0.2, -0.15) is 0 Å². The maximum absolute atomic E-state index is 13.2. The normalized spacial score (nSPS) is 13.0. The van der Waals surface area contributed by atoms with E-state index in [1.807, 2.05) is 0 Å². The van der Waals surface area contributed by atoms with Crippen LogP contribution < -0.4 is 0 Å². The van der Waals surface area contributed by atoms with E-state index in [0.29, 0.717) is 4.47 Å². The van der Waals surface area contributed by atoms with Gasteiger partial charge in [0.05, 0.1) is 5.02 Å². The summed E-state index contributed by atoms with van der Waals surface area (Å²) in [5, 5.41) is 8.98. The van der Waals surface area contributed by atoms with E-state index in [1.54, 1.807) is 0 Å². The van der Waals surface area contributed by atoms with E-state index in [1.165, 1.54) is 12.1 Å². The first-order valence-electron chi connectivity index (χ1n) is 3.45. The molecule has 0 radical (unpaired) electrons. The molecule has 1 N–H and O–H groups in total. The topological polar surface area (TPSA) is 20.2 Å². The lowest BCUT2D eigenvalue weighted by atomic mass is 10.1. The highest BCUT2D eigenvalue weighted by Gasteiger charge is 2.18. The van der Waals surface area contributed by atoms with Gasteiger partial charge in [0.25, 0.3) is 0 Å². The maximum Gasteiger partial charge on any atom is 0.148 e. The number of aliphatic hydroxyl groups excluding tert-OH is 1. The van der Waals surface area contributed by atoms with Crippen LogP contribution in [0.1, 0.15) is 11.7 Å². The minimum atomic E-state index is -1.48. The fraction of sp³-hybridized carbons (Fsp3) is 0.250. The molecule has 0 bridgehead atoms. The molecule has 0 saturated carbocycles. The van der Waals surface area contributed by atoms with Crippen LogP contribution >= 0.6 is 27.5 Å². The quantitative estimate of drug-likeness (QED) is 0.819. The number of aliphatic hydroxyl groups is 1. The van der Waals surface area contributed by atoms with E-state index in [4.69, 9.17) is 16.7 Å². The number of rotatable bonds is 2. The van der Waals surface area contributed by atoms with Gasteiger partial charge in [-0.3, -0.25) is 0 Å². The first-order chi connectivity index (χ1) is 6.07. The monoisotopic (exact) mass is 270 g/mol. The van der Waals surface area contributed by atoms with Crippen LogP contribution in [0.5, 0.6) is 0 Å². The summed E-state index contributed by atoms with van der Waals surface area (Å²) in [4.78, 5) is 0. The molecule has 1 aromatic rings. The summed E-state index contributed by atoms with van der Waals surface area (Å²) in [6.07, 6.45) is -1.48. The highest BCUT2D eigenvalue weighted by molar-refractivity contribution is 9.10. The van der Waals surface area contributed by atoms with Crippen molar-refractivity contribution >= 4 is 27.5 Å². The van der Waals surface area contributed by atoms with E-state index < -0.39 is 18.6 Å². The molecule has 0 amide bonds. The fourth-order valence-electron chi connectivity index (χ4n) is 0.925. The van der Waals surface area contributed by atoms with E-state index in [9.17, 15) is 8.78 Å². The molecular weight excluding hydrogens is 265 g/mol. The Bertz CT molecular complexity index is 319. The van der Waals surface area contributed by atoms with Gasteiger partial charge in [0, 0.05) is 10.0 Å². The SMILES string of the molecule is OC(CF)c1c(Br)ccc(Cl)c1F. The van der Waals surface area contributed by atoms with Crippen molar-refractivity contribution in [2.24, 2.45) is 0 Å². The van der Waals surface area contributed by atoms with Gasteiger partial charge in [0.1, 0.15) is 18.6 Å². The van der Waals surface area contributed by atoms with Crippen LogP contribution in [0.25, 0.3) is 0 Å². The lowest BCUT2D eigenvalue weighted by Crippen LogP contribution is -2.04. The minimum absolute atomic E-state index is 0.134. The first-order valence-corrected chi connectivity index (χ1v) is 4.62. The van der Waals surface area contributed by atoms with Gasteiger partial charge in [0.2, 0.25) is 0 Å². The summed E-state index contributed by atoms with van der Waals surface area (Å²) in [5.74, 6) is -0.791. The average molecular weight is 271 g/mol. The van der Waals surface area contributed by atoms with Gasteiger partial charge in [-0.05, 0) is 12.1 Å². The molecule has 13 heavy (non-hydrogen) atoms. The van der Waals surface area contributed by atoms with Crippen LogP contribution in [-0.4, -0.2) is 11.8 Å². The van der Waals surface area contributed by atoms with Gasteiger partial charge < -0.3 is 5.11 Å². The summed E-state index contributed by atoms with van der Waals surface area (Å²) in [6, 6.07) is 2.79. The summed E-state index contributed by atoms with van der Waals surface area (Å²) in [7, 11) is 0. The second kappa shape index (κ2) is 4.35. The minimum Gasteiger partial charge on any atom is -0.386 e. The second-order valence-corrected chi connectivity index (χ2v) is 3.69. The second-order valence-electron chi connectivity index (χ2n) is 2.43. The van der Waals surface area contributed by atoms with Crippen LogP contribution in [0, 0.1) is 5.82 Å². The van der Waals surface area contributed by atoms with Crippen molar-refractivity contribution in [1.82, 2.24) is 0 Å². The molecule has 5 heteroatoms. The predicted molar refractivity (Wildman–Crippen MR) is 50.0 cm³/mol. The Morgan fingerprint density at radius 2 is 2.15 bits per heavy atom. The molecule has 0 heterocycles. The zero-order valence-electron chi connectivity index (χ0n) is 6.40. The van der Waals surface area contributed by atoms with Crippen LogP contribution in [0.2, 0.25) is 5.02 Å². The number of benzene rings is 1. The summed E-state index contributed by atoms with van der Waals surface area (Å²) in [6.45, 7) is -1.05. The molecule has 0 aliphatic carbocycles. The van der Waals surface area contributed by atoms with Crippen LogP contribution in [0.15, 0.2) is 16.6 Å². The molecule has 1 atom stereocenters. The number of hydrogen-bond donors (Lipinski definition) is 1. The molecule has 0 aliphatic rings. The standard InChI is InChI=1S/C8H6BrClF2O/c9-4-1-2-5(10)8(12)7(4)6(13)3-11/h1-2,6,13H,3H2. The number of alkyl halides is 1. The first kappa shape index (κ1) is 10.9. The molecule has 72 valence electrons. The predicted octanol–water partition coefficient (Wildman–Crippen LogP) is 3.24. The maximum atomic E-state index is 13.2. The molecule has 1 aromatic carbocycles. The summed E-state index contributed by atoms with van der Waals surface area (Å²) in [5.41, 5.74) is -0.144. The van der Waals surface area contributed by atoms with E-state index >= 15 is 0 Å². The fourth-order valence-corrected chi connectivity index (χ4v) is 1.66. The Labute approximate surface area is 87.5 Å². The van der Waals surface area contributed by atoms with E-state index in [0.717, 1.165) is 0 Å². The highest BCUT2D eigenvalue weighted by Crippen LogP contribution is 2.30. The van der Waals surface area contributed by atoms with Gasteiger partial charge in [-0.15, -0.1) is 0 Å². The lowest BCUT2D eigenvalue weighted by Gasteiger charge is -2.10. The van der Waals surface area contributed by atoms with Crippen molar-refractivity contribution in [1.29, 1.82) is 0 Å². The molecule has 0 saturated heterocycles. The smallest absolute Gasteiger partial charge is 0.148 e. The van der Waals surface area contributed by atoms with Crippen molar-refractivity contribution in [3.05, 3.63) is 33.0 Å². The van der Waals surface area contributed by atoms with E-state index in [-0.39, 0.29) is 10.6 Å². The average Bonchev–Trinajstić information content (AvgIpc) is 2.12. The van der Waals surface area contributed by atoms with Gasteiger partial charge in [-0.25, -0.2) is 8.78 Å². The molecule has 1 unspecified atom stereocenters. The molecule has 1 rings (SSSR count). The van der Waals surface area contributed by atoms with Crippen molar-refractivity contribution < 1.29 is 13.9 Å². The van der Waals surface area contributed by atoms with Crippen molar-refractivity contribution in [2.75, 3.05) is 6.67 Å². The Hall–Kier alpha value is -0.190. The third-order valence-corrected chi connectivity index (χ3v) is 2.54. The Morgan fingerprint density at radius 1 is 1.54 bits per heavy atom. The third-order valence-electron chi connectivity index (χ3n) is 1.56. The number of halogens is 4. The summed E-state index contributed by atoms with van der Waals surface area (Å²) >= 11 is 8.45. The Balaban J connectivity index is 3.25. The zero-order valence-corrected chi connectivity index (χ0v) is 8.74. The van der Waals surface area contributed by atoms with Crippen molar-refractivity contribution in [3.8, 4) is 0 Å². The molecule has 1 nitrogen and oxygen atoms in total. The Morgan fingerprint density at radius 3 is 2.69 bits per heavy atom. The number of hydrogen-bond acceptors (Lipinski definition) is 1. The van der Waals surface area contributed by atoms with Crippen LogP contribution in [-0.2, 0) is 0 Å². The molecule has 0 aliphatic heterocycles. The van der Waals surface area contributed by atoms with Gasteiger partial charge >= 0.3 is 0 Å². The highest BCUT2D eigenvalue weighted by atomic mass is 79.9. The largest absolute Gasteiger partial charge is 0.386 e. The molecule has 0 aromatic heterocycles. The van der Waals surface area contributed by atoms with Crippen LogP contribution in [0.4, 0.5) is 8.78 Å². The zero-order chi connectivity index (χ0) is 10.0. The lowest BCUT2D eigenvalue weighted by molar-refractivity contribution is 0.137. The van der Waals surface area contributed by atoms with Crippen molar-refractivity contribution in [3.63, 3.8) is 0 Å². The van der Waals surface area contributed by atoms with Gasteiger partial charge in [0.15, 0.2) is 0 Å². The van der Waals surface area contributed by atoms with Gasteiger partial charge in [-0.1, -0.05) is 27.5 Å². The molecule has 0 fully saturated rings. The summed E-state index contributed by atoms with van der Waals surface area (Å²) < 4.78 is 25.6. The van der Waals surface area contributed by atoms with Crippen LogP contribution in [0.3, 0.4) is 0 Å². The molecule has 0 spiro atoms. The third kappa shape index (κ3) is 2.18. The Kier molecular flexibility index (Phi) is 3.64.